The van der Waals surface area contributed by atoms with Crippen molar-refractivity contribution < 1.29 is 14.3 Å². The molecule has 3 aromatic rings. The highest BCUT2D eigenvalue weighted by atomic mass is 16.5. The number of aryl methyl sites for hydroxylation is 2. The van der Waals surface area contributed by atoms with Crippen LogP contribution < -0.4 is 15.4 Å². The van der Waals surface area contributed by atoms with E-state index in [-0.39, 0.29) is 18.2 Å². The summed E-state index contributed by atoms with van der Waals surface area (Å²) < 4.78 is 6.77. The lowest BCUT2D eigenvalue weighted by Crippen LogP contribution is -2.23. The highest BCUT2D eigenvalue weighted by molar-refractivity contribution is 6.04. The molecule has 0 radical (unpaired) electrons. The number of nitrogens with one attached hydrogen (secondary N) is 2. The van der Waals surface area contributed by atoms with Crippen molar-refractivity contribution in [2.75, 3.05) is 17.7 Å². The summed E-state index contributed by atoms with van der Waals surface area (Å²) in [6, 6.07) is 12.7. The Morgan fingerprint density at radius 2 is 1.86 bits per heavy atom. The Morgan fingerprint density at radius 1 is 1.17 bits per heavy atom. The highest BCUT2D eigenvalue weighted by Crippen LogP contribution is 2.36. The Hall–Kier alpha value is -3.61. The molecule has 0 fully saturated rings. The van der Waals surface area contributed by atoms with Gasteiger partial charge in [-0.3, -0.25) is 9.59 Å². The molecule has 2 aromatic carbocycles. The zero-order valence-corrected chi connectivity index (χ0v) is 16.5. The second-order valence-corrected chi connectivity index (χ2v) is 7.21. The molecule has 0 saturated carbocycles. The maximum absolute atomic E-state index is 12.5. The Kier molecular flexibility index (Phi) is 4.80. The molecule has 2 N–H and O–H groups in total. The highest BCUT2D eigenvalue weighted by Gasteiger charge is 2.35. The van der Waals surface area contributed by atoms with Crippen LogP contribution in [0.4, 0.5) is 11.5 Å². The van der Waals surface area contributed by atoms with Crippen LogP contribution in [0.25, 0.3) is 11.1 Å². The fourth-order valence-corrected chi connectivity index (χ4v) is 3.63. The molecule has 0 spiro atoms. The Labute approximate surface area is 168 Å². The van der Waals surface area contributed by atoms with E-state index >= 15 is 0 Å². The third-order valence-corrected chi connectivity index (χ3v) is 4.92. The smallest absolute Gasteiger partial charge is 0.251 e. The van der Waals surface area contributed by atoms with Crippen LogP contribution in [0.2, 0.25) is 0 Å². The summed E-state index contributed by atoms with van der Waals surface area (Å²) in [6.45, 7) is 3.95. The lowest BCUT2D eigenvalue weighted by atomic mass is 10.1. The first-order chi connectivity index (χ1) is 13.9. The topological polar surface area (TPSA) is 85.2 Å². The molecule has 7 heteroatoms. The van der Waals surface area contributed by atoms with Gasteiger partial charge in [-0.25, -0.2) is 4.68 Å². The Morgan fingerprint density at radius 3 is 2.52 bits per heavy atom. The minimum absolute atomic E-state index is 0.00948. The van der Waals surface area contributed by atoms with Crippen molar-refractivity contribution in [3.8, 4) is 16.9 Å². The molecule has 0 bridgehead atoms. The first-order valence-electron chi connectivity index (χ1n) is 9.35. The molecule has 148 valence electrons. The van der Waals surface area contributed by atoms with Crippen molar-refractivity contribution in [2.45, 2.75) is 26.3 Å². The van der Waals surface area contributed by atoms with Crippen LogP contribution >= 0.6 is 0 Å². The number of carbonyl (C=O) groups is 2. The molecule has 1 aromatic heterocycles. The normalized spacial score (nSPS) is 15.0. The van der Waals surface area contributed by atoms with E-state index < -0.39 is 6.04 Å². The van der Waals surface area contributed by atoms with Crippen LogP contribution in [0.3, 0.4) is 0 Å². The number of benzene rings is 2. The first kappa shape index (κ1) is 18.7. The standard InChI is InChI=1S/C22H22N4O3/c1-13-8-14(2)10-16(9-13)24-20(27)11-19-22(28)25-21-18(12-23-26(19)21)15-4-6-17(29-3)7-5-15/h4-10,12,19H,11H2,1-3H3,(H,24,27)(H,25,28). The van der Waals surface area contributed by atoms with E-state index in [0.29, 0.717) is 5.82 Å². The zero-order valence-electron chi connectivity index (χ0n) is 16.5. The van der Waals surface area contributed by atoms with Crippen LogP contribution in [-0.2, 0) is 9.59 Å². The largest absolute Gasteiger partial charge is 0.497 e. The van der Waals surface area contributed by atoms with Gasteiger partial charge in [0.25, 0.3) is 5.91 Å². The summed E-state index contributed by atoms with van der Waals surface area (Å²) in [4.78, 5) is 25.0. The van der Waals surface area contributed by atoms with Gasteiger partial charge in [-0.05, 0) is 54.8 Å². The second-order valence-electron chi connectivity index (χ2n) is 7.21. The molecular formula is C22H22N4O3. The van der Waals surface area contributed by atoms with Gasteiger partial charge in [0.2, 0.25) is 5.91 Å². The van der Waals surface area contributed by atoms with Gasteiger partial charge in [0.05, 0.1) is 19.7 Å². The molecule has 0 saturated heterocycles. The lowest BCUT2D eigenvalue weighted by molar-refractivity contribution is -0.123. The number of carbonyl (C=O) groups excluding carboxylic acids is 2. The molecule has 0 aliphatic carbocycles. The SMILES string of the molecule is COc1ccc(-c2cnn3c2NC(=O)C3CC(=O)Nc2cc(C)cc(C)c2)cc1. The average molecular weight is 390 g/mol. The summed E-state index contributed by atoms with van der Waals surface area (Å²) in [6.07, 6.45) is 1.71. The maximum Gasteiger partial charge on any atom is 0.251 e. The number of hydrogen-bond donors (Lipinski definition) is 2. The lowest BCUT2D eigenvalue weighted by Gasteiger charge is -2.11. The van der Waals surface area contributed by atoms with E-state index in [9.17, 15) is 9.59 Å². The minimum atomic E-state index is -0.678. The summed E-state index contributed by atoms with van der Waals surface area (Å²) in [5, 5.41) is 10.1. The van der Waals surface area contributed by atoms with Crippen molar-refractivity contribution in [3.63, 3.8) is 0 Å². The van der Waals surface area contributed by atoms with Crippen molar-refractivity contribution in [2.24, 2.45) is 0 Å². The fourth-order valence-electron chi connectivity index (χ4n) is 3.63. The predicted octanol–water partition coefficient (Wildman–Crippen LogP) is 3.70. The number of ether oxygens (including phenoxy) is 1. The summed E-state index contributed by atoms with van der Waals surface area (Å²) in [5.74, 6) is 0.884. The van der Waals surface area contributed by atoms with Crippen molar-refractivity contribution in [3.05, 3.63) is 59.8 Å². The molecule has 4 rings (SSSR count). The molecule has 2 amide bonds. The number of rotatable bonds is 5. The molecule has 1 aliphatic heterocycles. The average Bonchev–Trinajstić information content (AvgIpc) is 3.20. The first-order valence-corrected chi connectivity index (χ1v) is 9.35. The zero-order chi connectivity index (χ0) is 20.5. The van der Waals surface area contributed by atoms with E-state index in [1.54, 1.807) is 18.0 Å². The minimum Gasteiger partial charge on any atom is -0.497 e. The molecular weight excluding hydrogens is 368 g/mol. The number of amides is 2. The molecule has 1 aliphatic rings. The van der Waals surface area contributed by atoms with Gasteiger partial charge >= 0.3 is 0 Å². The van der Waals surface area contributed by atoms with E-state index in [0.717, 1.165) is 33.7 Å². The summed E-state index contributed by atoms with van der Waals surface area (Å²) in [7, 11) is 1.61. The quantitative estimate of drug-likeness (QED) is 0.696. The molecule has 2 heterocycles. The van der Waals surface area contributed by atoms with Crippen LogP contribution in [0, 0.1) is 13.8 Å². The maximum atomic E-state index is 12.5. The van der Waals surface area contributed by atoms with E-state index in [1.807, 2.05) is 56.3 Å². The van der Waals surface area contributed by atoms with Crippen LogP contribution in [0.1, 0.15) is 23.6 Å². The fraction of sp³-hybridized carbons (Fsp3) is 0.227. The molecule has 29 heavy (non-hydrogen) atoms. The molecule has 1 unspecified atom stereocenters. The van der Waals surface area contributed by atoms with Crippen LogP contribution in [0.5, 0.6) is 5.75 Å². The third kappa shape index (κ3) is 3.71. The number of fused-ring (bicyclic) bond motifs is 1. The van der Waals surface area contributed by atoms with Gasteiger partial charge in [0.15, 0.2) is 0 Å². The Balaban J connectivity index is 1.53. The third-order valence-electron chi connectivity index (χ3n) is 4.92. The van der Waals surface area contributed by atoms with Gasteiger partial charge in [0, 0.05) is 11.3 Å². The number of aromatic nitrogens is 2. The van der Waals surface area contributed by atoms with E-state index in [2.05, 4.69) is 15.7 Å². The monoisotopic (exact) mass is 390 g/mol. The van der Waals surface area contributed by atoms with Crippen LogP contribution in [0.15, 0.2) is 48.7 Å². The van der Waals surface area contributed by atoms with Crippen molar-refractivity contribution >= 4 is 23.3 Å². The van der Waals surface area contributed by atoms with Gasteiger partial charge < -0.3 is 15.4 Å². The summed E-state index contributed by atoms with van der Waals surface area (Å²) in [5.41, 5.74) is 4.58. The number of nitrogens with zero attached hydrogens (tertiary/aromatic N) is 2. The van der Waals surface area contributed by atoms with Crippen molar-refractivity contribution in [1.29, 1.82) is 0 Å². The van der Waals surface area contributed by atoms with Gasteiger partial charge in [-0.1, -0.05) is 18.2 Å². The van der Waals surface area contributed by atoms with E-state index in [1.165, 1.54) is 0 Å². The van der Waals surface area contributed by atoms with E-state index in [4.69, 9.17) is 4.74 Å². The number of anilines is 2. The van der Waals surface area contributed by atoms with Crippen molar-refractivity contribution in [1.82, 2.24) is 9.78 Å². The van der Waals surface area contributed by atoms with Gasteiger partial charge in [-0.2, -0.15) is 5.10 Å². The molecule has 7 nitrogen and oxygen atoms in total. The second kappa shape index (κ2) is 7.43. The predicted molar refractivity (Wildman–Crippen MR) is 111 cm³/mol. The Bertz CT molecular complexity index is 1070. The van der Waals surface area contributed by atoms with Gasteiger partial charge in [-0.15, -0.1) is 0 Å². The number of hydrogen-bond acceptors (Lipinski definition) is 4. The molecule has 1 atom stereocenters. The summed E-state index contributed by atoms with van der Waals surface area (Å²) >= 11 is 0. The van der Waals surface area contributed by atoms with Crippen LogP contribution in [-0.4, -0.2) is 28.7 Å². The number of methoxy groups -OCH3 is 1. The van der Waals surface area contributed by atoms with Gasteiger partial charge in [0.1, 0.15) is 17.6 Å².